The highest BCUT2D eigenvalue weighted by Crippen LogP contribution is 2.27. The van der Waals surface area contributed by atoms with E-state index < -0.39 is 45.8 Å². The lowest BCUT2D eigenvalue weighted by molar-refractivity contribution is 0.107. The molecule has 1 aromatic rings. The maximum absolute atomic E-state index is 13.5. The first-order chi connectivity index (χ1) is 8.62. The number of nitrogens with one attached hydrogen (secondary N) is 1. The Bertz CT molecular complexity index is 436. The molecule has 0 saturated carbocycles. The Hall–Kier alpha value is -0.790. The van der Waals surface area contributed by atoms with Gasteiger partial charge in [0.25, 0.3) is 6.43 Å². The third-order valence-electron chi connectivity index (χ3n) is 2.34. The van der Waals surface area contributed by atoms with E-state index in [9.17, 15) is 22.1 Å². The van der Waals surface area contributed by atoms with E-state index in [2.05, 4.69) is 4.72 Å². The Labute approximate surface area is 112 Å². The van der Waals surface area contributed by atoms with E-state index in [4.69, 9.17) is 0 Å². The van der Waals surface area contributed by atoms with Crippen LogP contribution in [0.25, 0.3) is 0 Å². The molecule has 0 radical (unpaired) electrons. The quantitative estimate of drug-likeness (QED) is 0.683. The molecular weight excluding hydrogens is 282 g/mol. The number of hydrogen-bond acceptors (Lipinski definition) is 2. The molecule has 2 atom stereocenters. The highest BCUT2D eigenvalue weighted by atomic mass is 32.2. The van der Waals surface area contributed by atoms with E-state index in [0.717, 1.165) is 12.1 Å². The van der Waals surface area contributed by atoms with E-state index >= 15 is 0 Å². The zero-order valence-corrected chi connectivity index (χ0v) is 11.5. The summed E-state index contributed by atoms with van der Waals surface area (Å²) in [5, 5.41) is 0. The summed E-state index contributed by atoms with van der Waals surface area (Å²) in [6.07, 6.45) is -3.01. The van der Waals surface area contributed by atoms with Gasteiger partial charge in [-0.3, -0.25) is 0 Å². The molecule has 1 rings (SSSR count). The predicted octanol–water partition coefficient (Wildman–Crippen LogP) is 3.32. The molecule has 0 unspecified atom stereocenters. The maximum Gasteiger partial charge on any atom is 0.262 e. The molecule has 0 aliphatic carbocycles. The van der Waals surface area contributed by atoms with Crippen molar-refractivity contribution in [3.05, 3.63) is 35.4 Å². The summed E-state index contributed by atoms with van der Waals surface area (Å²) >= 11 is -1.82. The second-order valence-electron chi connectivity index (χ2n) is 4.98. The fraction of sp³-hybridized carbons (Fsp3) is 0.500. The van der Waals surface area contributed by atoms with Crippen LogP contribution in [0.4, 0.5) is 17.6 Å². The zero-order valence-electron chi connectivity index (χ0n) is 10.7. The monoisotopic (exact) mass is 297 g/mol. The molecule has 0 saturated heterocycles. The van der Waals surface area contributed by atoms with Gasteiger partial charge < -0.3 is 4.55 Å². The highest BCUT2D eigenvalue weighted by molar-refractivity contribution is 7.90. The summed E-state index contributed by atoms with van der Waals surface area (Å²) in [6, 6.07) is 0.457. The molecule has 7 heteroatoms. The lowest BCUT2D eigenvalue weighted by atomic mass is 10.1. The lowest BCUT2D eigenvalue weighted by Gasteiger charge is -2.27. The van der Waals surface area contributed by atoms with E-state index in [1.807, 2.05) is 0 Å². The molecule has 0 fully saturated rings. The van der Waals surface area contributed by atoms with Crippen LogP contribution in [0.5, 0.6) is 0 Å². The maximum atomic E-state index is 13.5. The molecule has 1 N–H and O–H groups in total. The molecular formula is C12H15F4NOS. The van der Waals surface area contributed by atoms with Crippen LogP contribution < -0.4 is 4.72 Å². The first-order valence-corrected chi connectivity index (χ1v) is 6.69. The molecule has 0 aliphatic heterocycles. The van der Waals surface area contributed by atoms with Gasteiger partial charge in [-0.15, -0.1) is 4.72 Å². The van der Waals surface area contributed by atoms with Gasteiger partial charge in [0.15, 0.2) is 0 Å². The summed E-state index contributed by atoms with van der Waals surface area (Å²) in [6.45, 7) is 4.75. The van der Waals surface area contributed by atoms with Crippen LogP contribution in [0.2, 0.25) is 0 Å². The van der Waals surface area contributed by atoms with Crippen molar-refractivity contribution >= 4 is 11.4 Å². The predicted molar refractivity (Wildman–Crippen MR) is 66.1 cm³/mol. The second kappa shape index (κ2) is 6.11. The summed E-state index contributed by atoms with van der Waals surface area (Å²) in [4.78, 5) is 0. The average Bonchev–Trinajstić information content (AvgIpc) is 2.27. The molecule has 0 aromatic heterocycles. The number of halogens is 4. The standard InChI is InChI=1S/C12H15F4NOS/c1-12(2,3)19(18)17-10(11(15)16)8-6-7(13)4-5-9(8)14/h4-6,10-11,17H,1-3H3/t10-,19-/m1/s1. The van der Waals surface area contributed by atoms with Crippen LogP contribution in [-0.4, -0.2) is 15.7 Å². The molecule has 0 amide bonds. The highest BCUT2D eigenvalue weighted by Gasteiger charge is 2.35. The number of hydrogen-bond donors (Lipinski definition) is 1. The van der Waals surface area contributed by atoms with Gasteiger partial charge in [0.2, 0.25) is 0 Å². The Balaban J connectivity index is 3.05. The summed E-state index contributed by atoms with van der Waals surface area (Å²) < 4.78 is 65.6. The smallest absolute Gasteiger partial charge is 0.262 e. The minimum absolute atomic E-state index is 0.535. The van der Waals surface area contributed by atoms with E-state index in [1.54, 1.807) is 20.8 Å². The Morgan fingerprint density at radius 1 is 1.21 bits per heavy atom. The number of alkyl halides is 2. The normalized spacial score (nSPS) is 15.6. The Kier molecular flexibility index (Phi) is 5.23. The van der Waals surface area contributed by atoms with Crippen LogP contribution >= 0.6 is 0 Å². The van der Waals surface area contributed by atoms with Gasteiger partial charge in [0.05, 0.1) is 0 Å². The van der Waals surface area contributed by atoms with Crippen LogP contribution in [0.15, 0.2) is 18.2 Å². The van der Waals surface area contributed by atoms with Crippen LogP contribution in [0, 0.1) is 11.6 Å². The largest absolute Gasteiger partial charge is 0.598 e. The minimum atomic E-state index is -3.01. The van der Waals surface area contributed by atoms with Crippen LogP contribution in [0.1, 0.15) is 32.4 Å². The summed E-state index contributed by atoms with van der Waals surface area (Å²) in [7, 11) is 0. The van der Waals surface area contributed by atoms with E-state index in [1.165, 1.54) is 0 Å². The molecule has 2 nitrogen and oxygen atoms in total. The van der Waals surface area contributed by atoms with E-state index in [-0.39, 0.29) is 0 Å². The first kappa shape index (κ1) is 16.3. The lowest BCUT2D eigenvalue weighted by Crippen LogP contribution is -2.43. The fourth-order valence-corrected chi connectivity index (χ4v) is 2.11. The summed E-state index contributed by atoms with van der Waals surface area (Å²) in [5.41, 5.74) is -0.535. The van der Waals surface area contributed by atoms with Gasteiger partial charge >= 0.3 is 0 Å². The topological polar surface area (TPSA) is 35.1 Å². The Morgan fingerprint density at radius 2 is 1.79 bits per heavy atom. The number of benzene rings is 1. The SMILES string of the molecule is CC(C)(C)[S@@+]([O-])N[C@H](c1cc(F)ccc1F)C(F)F. The first-order valence-electron chi connectivity index (χ1n) is 5.54. The van der Waals surface area contributed by atoms with Crippen molar-refractivity contribution in [1.82, 2.24) is 4.72 Å². The van der Waals surface area contributed by atoms with Crippen molar-refractivity contribution in [1.29, 1.82) is 0 Å². The van der Waals surface area contributed by atoms with Gasteiger partial charge in [0, 0.05) is 16.9 Å². The second-order valence-corrected chi connectivity index (χ2v) is 6.97. The van der Waals surface area contributed by atoms with Gasteiger partial charge in [0.1, 0.15) is 22.4 Å². The molecule has 0 spiro atoms. The zero-order chi connectivity index (χ0) is 14.8. The van der Waals surface area contributed by atoms with Crippen molar-refractivity contribution in [2.75, 3.05) is 0 Å². The van der Waals surface area contributed by atoms with Crippen molar-refractivity contribution in [3.8, 4) is 0 Å². The van der Waals surface area contributed by atoms with Crippen LogP contribution in [0.3, 0.4) is 0 Å². The minimum Gasteiger partial charge on any atom is -0.598 e. The Morgan fingerprint density at radius 3 is 2.26 bits per heavy atom. The van der Waals surface area contributed by atoms with Crippen molar-refractivity contribution < 1.29 is 22.1 Å². The van der Waals surface area contributed by atoms with Gasteiger partial charge in [-0.25, -0.2) is 17.6 Å². The molecule has 0 bridgehead atoms. The fourth-order valence-electron chi connectivity index (χ4n) is 1.30. The molecule has 108 valence electrons. The third-order valence-corrected chi connectivity index (χ3v) is 3.92. The van der Waals surface area contributed by atoms with Crippen LogP contribution in [-0.2, 0) is 11.4 Å². The van der Waals surface area contributed by atoms with Crippen molar-refractivity contribution in [3.63, 3.8) is 0 Å². The molecule has 0 aliphatic rings. The molecule has 19 heavy (non-hydrogen) atoms. The third kappa shape index (κ3) is 4.36. The molecule has 1 aromatic carbocycles. The number of rotatable bonds is 4. The van der Waals surface area contributed by atoms with Gasteiger partial charge in [-0.05, 0) is 39.0 Å². The average molecular weight is 297 g/mol. The van der Waals surface area contributed by atoms with Crippen molar-refractivity contribution in [2.24, 2.45) is 0 Å². The van der Waals surface area contributed by atoms with Crippen molar-refractivity contribution in [2.45, 2.75) is 38.0 Å². The summed E-state index contributed by atoms with van der Waals surface area (Å²) in [5.74, 6) is -1.80. The van der Waals surface area contributed by atoms with E-state index in [0.29, 0.717) is 6.07 Å². The van der Waals surface area contributed by atoms with Gasteiger partial charge in [-0.1, -0.05) is 0 Å². The van der Waals surface area contributed by atoms with Gasteiger partial charge in [-0.2, -0.15) is 0 Å². The molecule has 0 heterocycles.